The van der Waals surface area contributed by atoms with Gasteiger partial charge in [0.15, 0.2) is 0 Å². The Morgan fingerprint density at radius 2 is 1.15 bits per heavy atom. The van der Waals surface area contributed by atoms with E-state index in [1.54, 1.807) is 0 Å². The van der Waals surface area contributed by atoms with E-state index < -0.39 is 0 Å². The van der Waals surface area contributed by atoms with E-state index >= 15 is 0 Å². The predicted molar refractivity (Wildman–Crippen MR) is 161 cm³/mol. The first-order chi connectivity index (χ1) is 19.3. The number of furan rings is 2. The van der Waals surface area contributed by atoms with Gasteiger partial charge < -0.3 is 13.4 Å². The monoisotopic (exact) mass is 499 g/mol. The lowest BCUT2D eigenvalue weighted by Gasteiger charge is -2.09. The Labute approximate surface area is 223 Å². The summed E-state index contributed by atoms with van der Waals surface area (Å²) in [7, 11) is 0. The highest BCUT2D eigenvalue weighted by atomic mass is 16.3. The van der Waals surface area contributed by atoms with E-state index in [9.17, 15) is 0 Å². The molecule has 3 heteroatoms. The maximum atomic E-state index is 6.45. The van der Waals surface area contributed by atoms with E-state index in [0.29, 0.717) is 0 Å². The topological polar surface area (TPSA) is 31.2 Å². The molecule has 0 aliphatic rings. The number of aromatic nitrogens is 1. The fourth-order valence-electron chi connectivity index (χ4n) is 6.32. The number of hydrogen-bond donors (Lipinski definition) is 0. The second-order valence-electron chi connectivity index (χ2n) is 10.1. The zero-order chi connectivity index (χ0) is 25.5. The van der Waals surface area contributed by atoms with Crippen LogP contribution >= 0.6 is 0 Å². The summed E-state index contributed by atoms with van der Waals surface area (Å²) in [6, 6.07) is 44.7. The predicted octanol–water partition coefficient (Wildman–Crippen LogP) is 10.2. The Hall–Kier alpha value is -5.28. The number of hydrogen-bond acceptors (Lipinski definition) is 2. The van der Waals surface area contributed by atoms with E-state index in [-0.39, 0.29) is 0 Å². The first kappa shape index (κ1) is 20.7. The molecule has 9 rings (SSSR count). The normalized spacial score (nSPS) is 12.1. The van der Waals surface area contributed by atoms with Gasteiger partial charge in [0.05, 0.1) is 16.4 Å². The summed E-state index contributed by atoms with van der Waals surface area (Å²) in [4.78, 5) is 0. The molecular formula is C36H21NO2. The summed E-state index contributed by atoms with van der Waals surface area (Å²) in [5, 5.41) is 6.82. The fourth-order valence-corrected chi connectivity index (χ4v) is 6.32. The molecule has 9 aromatic rings. The minimum Gasteiger partial charge on any atom is -0.456 e. The second-order valence-corrected chi connectivity index (χ2v) is 10.1. The molecule has 39 heavy (non-hydrogen) atoms. The quantitative estimate of drug-likeness (QED) is 0.237. The first-order valence-electron chi connectivity index (χ1n) is 13.2. The summed E-state index contributed by atoms with van der Waals surface area (Å²) in [5.74, 6) is 0. The molecule has 0 saturated carbocycles. The Kier molecular flexibility index (Phi) is 4.05. The van der Waals surface area contributed by atoms with Crippen molar-refractivity contribution < 1.29 is 8.83 Å². The Balaban J connectivity index is 1.39. The van der Waals surface area contributed by atoms with Crippen LogP contribution in [0, 0.1) is 0 Å². The highest BCUT2D eigenvalue weighted by Crippen LogP contribution is 2.43. The van der Waals surface area contributed by atoms with Gasteiger partial charge in [-0.25, -0.2) is 0 Å². The molecule has 0 radical (unpaired) electrons. The van der Waals surface area contributed by atoms with Gasteiger partial charge in [0.2, 0.25) is 0 Å². The largest absolute Gasteiger partial charge is 0.456 e. The van der Waals surface area contributed by atoms with Crippen LogP contribution in [-0.4, -0.2) is 4.57 Å². The van der Waals surface area contributed by atoms with Crippen molar-refractivity contribution in [3.05, 3.63) is 127 Å². The number of para-hydroxylation sites is 3. The van der Waals surface area contributed by atoms with Gasteiger partial charge in [-0.15, -0.1) is 0 Å². The van der Waals surface area contributed by atoms with Crippen LogP contribution < -0.4 is 0 Å². The number of benzene rings is 6. The standard InChI is InChI=1S/C36H21NO2/c1-2-9-23(10-3-1)37-29-14-6-4-11-25(29)26-18-17-22(21-30(26)37)24-13-8-16-32-34(24)35-33(38-32)20-19-28-27-12-5-7-15-31(27)39-36(28)35/h1-21H. The zero-order valence-electron chi connectivity index (χ0n) is 20.9. The summed E-state index contributed by atoms with van der Waals surface area (Å²) in [6.45, 7) is 0. The van der Waals surface area contributed by atoms with E-state index in [4.69, 9.17) is 8.83 Å². The lowest BCUT2D eigenvalue weighted by molar-refractivity contribution is 0.663. The average Bonchev–Trinajstić information content (AvgIpc) is 3.66. The van der Waals surface area contributed by atoms with Gasteiger partial charge >= 0.3 is 0 Å². The van der Waals surface area contributed by atoms with E-state index in [0.717, 1.165) is 60.7 Å². The van der Waals surface area contributed by atoms with Crippen LogP contribution in [0.15, 0.2) is 136 Å². The third-order valence-corrected chi connectivity index (χ3v) is 8.00. The molecule has 0 amide bonds. The van der Waals surface area contributed by atoms with Gasteiger partial charge in [0, 0.05) is 32.6 Å². The molecule has 0 N–H and O–H groups in total. The molecule has 0 aliphatic heterocycles. The maximum absolute atomic E-state index is 6.45. The first-order valence-corrected chi connectivity index (χ1v) is 13.2. The van der Waals surface area contributed by atoms with Gasteiger partial charge in [-0.1, -0.05) is 78.9 Å². The smallest absolute Gasteiger partial charge is 0.147 e. The molecule has 0 atom stereocenters. The van der Waals surface area contributed by atoms with Crippen LogP contribution in [0.25, 0.3) is 82.5 Å². The molecule has 0 aliphatic carbocycles. The highest BCUT2D eigenvalue weighted by molar-refractivity contribution is 6.25. The van der Waals surface area contributed by atoms with Gasteiger partial charge in [0.25, 0.3) is 0 Å². The van der Waals surface area contributed by atoms with Gasteiger partial charge in [-0.2, -0.15) is 0 Å². The third-order valence-electron chi connectivity index (χ3n) is 8.00. The molecule has 182 valence electrons. The summed E-state index contributed by atoms with van der Waals surface area (Å²) in [6.07, 6.45) is 0. The molecule has 0 fully saturated rings. The second kappa shape index (κ2) is 7.62. The minimum atomic E-state index is 0.837. The van der Waals surface area contributed by atoms with Crippen molar-refractivity contribution in [2.45, 2.75) is 0 Å². The van der Waals surface area contributed by atoms with Gasteiger partial charge in [-0.05, 0) is 59.7 Å². The third kappa shape index (κ3) is 2.82. The Bertz CT molecular complexity index is 2390. The van der Waals surface area contributed by atoms with Crippen molar-refractivity contribution in [1.82, 2.24) is 4.57 Å². The van der Waals surface area contributed by atoms with Crippen LogP contribution in [0.4, 0.5) is 0 Å². The molecular weight excluding hydrogens is 478 g/mol. The van der Waals surface area contributed by atoms with Crippen LogP contribution in [0.1, 0.15) is 0 Å². The van der Waals surface area contributed by atoms with Crippen molar-refractivity contribution in [3.63, 3.8) is 0 Å². The SMILES string of the molecule is c1ccc(-n2c3ccccc3c3ccc(-c4cccc5oc6ccc7c8ccccc8oc7c6c45)cc32)cc1. The molecule has 3 heterocycles. The molecule has 0 bridgehead atoms. The van der Waals surface area contributed by atoms with Crippen molar-refractivity contribution in [2.24, 2.45) is 0 Å². The Morgan fingerprint density at radius 1 is 0.436 bits per heavy atom. The van der Waals surface area contributed by atoms with Crippen LogP contribution in [-0.2, 0) is 0 Å². The molecule has 3 nitrogen and oxygen atoms in total. The summed E-state index contributed by atoms with van der Waals surface area (Å²) < 4.78 is 15.2. The van der Waals surface area contributed by atoms with Crippen LogP contribution in [0.5, 0.6) is 0 Å². The number of fused-ring (bicyclic) bond motifs is 10. The highest BCUT2D eigenvalue weighted by Gasteiger charge is 2.20. The van der Waals surface area contributed by atoms with Gasteiger partial charge in [-0.3, -0.25) is 0 Å². The van der Waals surface area contributed by atoms with Crippen LogP contribution in [0.2, 0.25) is 0 Å². The fraction of sp³-hybridized carbons (Fsp3) is 0. The van der Waals surface area contributed by atoms with Crippen molar-refractivity contribution >= 4 is 65.7 Å². The number of nitrogens with zero attached hydrogens (tertiary/aromatic N) is 1. The molecule has 3 aromatic heterocycles. The maximum Gasteiger partial charge on any atom is 0.147 e. The van der Waals surface area contributed by atoms with Crippen molar-refractivity contribution in [1.29, 1.82) is 0 Å². The molecule has 6 aromatic carbocycles. The molecule has 0 unspecified atom stereocenters. The lowest BCUT2D eigenvalue weighted by Crippen LogP contribution is -1.93. The summed E-state index contributed by atoms with van der Waals surface area (Å²) >= 11 is 0. The van der Waals surface area contributed by atoms with E-state index in [1.807, 2.05) is 18.2 Å². The summed E-state index contributed by atoms with van der Waals surface area (Å²) in [5.41, 5.74) is 9.26. The van der Waals surface area contributed by atoms with E-state index in [2.05, 4.69) is 114 Å². The minimum absolute atomic E-state index is 0.837. The molecule has 0 saturated heterocycles. The van der Waals surface area contributed by atoms with E-state index in [1.165, 1.54) is 21.8 Å². The zero-order valence-corrected chi connectivity index (χ0v) is 20.9. The lowest BCUT2D eigenvalue weighted by atomic mass is 9.97. The molecule has 0 spiro atoms. The average molecular weight is 500 g/mol. The van der Waals surface area contributed by atoms with Crippen molar-refractivity contribution in [3.8, 4) is 16.8 Å². The van der Waals surface area contributed by atoms with Gasteiger partial charge in [0.1, 0.15) is 22.3 Å². The van der Waals surface area contributed by atoms with Crippen LogP contribution in [0.3, 0.4) is 0 Å². The van der Waals surface area contributed by atoms with Crippen molar-refractivity contribution in [2.75, 3.05) is 0 Å². The number of rotatable bonds is 2. The Morgan fingerprint density at radius 3 is 2.08 bits per heavy atom.